The Balaban J connectivity index is 2.10. The molecule has 1 aromatic heterocycles. The molecule has 136 valence electrons. The van der Waals surface area contributed by atoms with Crippen LogP contribution in [-0.2, 0) is 4.74 Å². The van der Waals surface area contributed by atoms with E-state index < -0.39 is 11.8 Å². The van der Waals surface area contributed by atoms with Gasteiger partial charge in [-0.3, -0.25) is 0 Å². The number of aromatic nitrogens is 1. The largest absolute Gasteiger partial charge is 0.481 e. The number of esters is 1. The van der Waals surface area contributed by atoms with E-state index in [1.807, 2.05) is 6.07 Å². The SMILES string of the molecule is CCOC(=O)c1cc(C2=C(c3cc(Br)cnc3OC)CCC2)ccc1F. The van der Waals surface area contributed by atoms with Crippen LogP contribution in [0.25, 0.3) is 11.1 Å². The van der Waals surface area contributed by atoms with Gasteiger partial charge in [0, 0.05) is 16.2 Å². The van der Waals surface area contributed by atoms with E-state index in [4.69, 9.17) is 9.47 Å². The zero-order chi connectivity index (χ0) is 18.7. The van der Waals surface area contributed by atoms with Gasteiger partial charge in [-0.15, -0.1) is 0 Å². The van der Waals surface area contributed by atoms with Crippen LogP contribution in [0.4, 0.5) is 4.39 Å². The molecule has 0 N–H and O–H groups in total. The summed E-state index contributed by atoms with van der Waals surface area (Å²) in [5, 5.41) is 0. The molecule has 1 heterocycles. The molecular formula is C20H19BrFNO3. The van der Waals surface area contributed by atoms with E-state index in [1.54, 1.807) is 32.4 Å². The third kappa shape index (κ3) is 3.65. The van der Waals surface area contributed by atoms with Crippen molar-refractivity contribution in [1.82, 2.24) is 4.98 Å². The van der Waals surface area contributed by atoms with Crippen molar-refractivity contribution in [2.24, 2.45) is 0 Å². The van der Waals surface area contributed by atoms with E-state index in [1.165, 1.54) is 6.07 Å². The Bertz CT molecular complexity index is 879. The first kappa shape index (κ1) is 18.6. The molecule has 0 aliphatic heterocycles. The average molecular weight is 420 g/mol. The Hall–Kier alpha value is -2.21. The molecule has 1 aliphatic carbocycles. The van der Waals surface area contributed by atoms with Gasteiger partial charge in [0.1, 0.15) is 5.82 Å². The average Bonchev–Trinajstić information content (AvgIpc) is 3.11. The number of pyridine rings is 1. The number of ether oxygens (including phenoxy) is 2. The fraction of sp³-hybridized carbons (Fsp3) is 0.300. The number of hydrogen-bond donors (Lipinski definition) is 0. The zero-order valence-electron chi connectivity index (χ0n) is 14.6. The van der Waals surface area contributed by atoms with Crippen molar-refractivity contribution in [2.45, 2.75) is 26.2 Å². The summed E-state index contributed by atoms with van der Waals surface area (Å²) in [6.45, 7) is 1.90. The number of nitrogens with zero attached hydrogens (tertiary/aromatic N) is 1. The summed E-state index contributed by atoms with van der Waals surface area (Å²) in [5.74, 6) is -0.668. The van der Waals surface area contributed by atoms with Gasteiger partial charge in [-0.05, 0) is 77.0 Å². The number of methoxy groups -OCH3 is 1. The second-order valence-corrected chi connectivity index (χ2v) is 6.85. The molecule has 0 radical (unpaired) electrons. The van der Waals surface area contributed by atoms with E-state index in [-0.39, 0.29) is 12.2 Å². The maximum atomic E-state index is 14.1. The summed E-state index contributed by atoms with van der Waals surface area (Å²) in [6, 6.07) is 6.58. The third-order valence-corrected chi connectivity index (χ3v) is 4.80. The van der Waals surface area contributed by atoms with E-state index in [9.17, 15) is 9.18 Å². The van der Waals surface area contributed by atoms with Gasteiger partial charge in [0.2, 0.25) is 5.88 Å². The molecule has 0 bridgehead atoms. The molecule has 4 nitrogen and oxygen atoms in total. The maximum Gasteiger partial charge on any atom is 0.341 e. The summed E-state index contributed by atoms with van der Waals surface area (Å²) < 4.78 is 25.3. The molecule has 1 aliphatic rings. The first-order chi connectivity index (χ1) is 12.5. The maximum absolute atomic E-state index is 14.1. The second kappa shape index (κ2) is 7.99. The molecule has 6 heteroatoms. The fourth-order valence-corrected chi connectivity index (χ4v) is 3.57. The number of carbonyl (C=O) groups is 1. The molecule has 0 spiro atoms. The van der Waals surface area contributed by atoms with Gasteiger partial charge in [-0.1, -0.05) is 6.07 Å². The summed E-state index contributed by atoms with van der Waals surface area (Å²) in [6.07, 6.45) is 4.38. The normalized spacial score (nSPS) is 13.8. The van der Waals surface area contributed by atoms with Crippen LogP contribution in [0.5, 0.6) is 5.88 Å². The van der Waals surface area contributed by atoms with E-state index in [2.05, 4.69) is 20.9 Å². The topological polar surface area (TPSA) is 48.4 Å². The predicted molar refractivity (Wildman–Crippen MR) is 102 cm³/mol. The van der Waals surface area contributed by atoms with Gasteiger partial charge in [0.05, 0.1) is 19.3 Å². The Labute approximate surface area is 160 Å². The van der Waals surface area contributed by atoms with Gasteiger partial charge in [-0.25, -0.2) is 14.2 Å². The van der Waals surface area contributed by atoms with Crippen LogP contribution in [0, 0.1) is 5.82 Å². The first-order valence-corrected chi connectivity index (χ1v) is 9.23. The summed E-state index contributed by atoms with van der Waals surface area (Å²) in [7, 11) is 1.59. The summed E-state index contributed by atoms with van der Waals surface area (Å²) in [5.41, 5.74) is 3.88. The fourth-order valence-electron chi connectivity index (χ4n) is 3.24. The molecule has 1 aromatic carbocycles. The molecule has 3 rings (SSSR count). The molecule has 2 aromatic rings. The quantitative estimate of drug-likeness (QED) is 0.619. The number of halogens is 2. The molecule has 0 saturated carbocycles. The molecule has 0 fully saturated rings. The van der Waals surface area contributed by atoms with Gasteiger partial charge in [0.25, 0.3) is 0 Å². The minimum absolute atomic E-state index is 0.0394. The van der Waals surface area contributed by atoms with E-state index in [0.717, 1.165) is 46.0 Å². The number of carbonyl (C=O) groups excluding carboxylic acids is 1. The minimum atomic E-state index is -0.645. The molecule has 0 amide bonds. The van der Waals surface area contributed by atoms with Crippen LogP contribution in [0.15, 0.2) is 34.9 Å². The number of allylic oxidation sites excluding steroid dienone is 2. The van der Waals surface area contributed by atoms with Crippen molar-refractivity contribution >= 4 is 33.0 Å². The first-order valence-electron chi connectivity index (χ1n) is 8.44. The highest BCUT2D eigenvalue weighted by Crippen LogP contribution is 2.43. The highest BCUT2D eigenvalue weighted by Gasteiger charge is 2.23. The van der Waals surface area contributed by atoms with Crippen molar-refractivity contribution in [3.05, 3.63) is 57.4 Å². The summed E-state index contributed by atoms with van der Waals surface area (Å²) in [4.78, 5) is 16.3. The van der Waals surface area contributed by atoms with Crippen LogP contribution in [0.1, 0.15) is 47.7 Å². The van der Waals surface area contributed by atoms with Gasteiger partial charge in [0.15, 0.2) is 0 Å². The van der Waals surface area contributed by atoms with E-state index >= 15 is 0 Å². The molecule has 26 heavy (non-hydrogen) atoms. The van der Waals surface area contributed by atoms with Crippen molar-refractivity contribution < 1.29 is 18.7 Å². The molecule has 0 atom stereocenters. The van der Waals surface area contributed by atoms with Crippen molar-refractivity contribution in [1.29, 1.82) is 0 Å². The van der Waals surface area contributed by atoms with Gasteiger partial charge < -0.3 is 9.47 Å². The molecular weight excluding hydrogens is 401 g/mol. The Morgan fingerprint density at radius 1 is 1.27 bits per heavy atom. The smallest absolute Gasteiger partial charge is 0.341 e. The Morgan fingerprint density at radius 3 is 2.77 bits per heavy atom. The lowest BCUT2D eigenvalue weighted by atomic mass is 9.96. The Kier molecular flexibility index (Phi) is 5.71. The van der Waals surface area contributed by atoms with E-state index in [0.29, 0.717) is 5.88 Å². The standard InChI is InChI=1S/C20H19BrFNO3/c1-3-26-20(24)17-9-12(7-8-18(17)22)14-5-4-6-15(14)16-10-13(21)11-23-19(16)25-2/h7-11H,3-6H2,1-2H3. The third-order valence-electron chi connectivity index (χ3n) is 4.36. The summed E-state index contributed by atoms with van der Waals surface area (Å²) >= 11 is 3.45. The molecule has 0 saturated heterocycles. The lowest BCUT2D eigenvalue weighted by Gasteiger charge is -2.13. The van der Waals surface area contributed by atoms with Crippen LogP contribution in [-0.4, -0.2) is 24.7 Å². The highest BCUT2D eigenvalue weighted by molar-refractivity contribution is 9.10. The Morgan fingerprint density at radius 2 is 2.04 bits per heavy atom. The lowest BCUT2D eigenvalue weighted by Crippen LogP contribution is -2.07. The number of benzene rings is 1. The van der Waals surface area contributed by atoms with Crippen LogP contribution < -0.4 is 4.74 Å². The van der Waals surface area contributed by atoms with Crippen molar-refractivity contribution in [3.63, 3.8) is 0 Å². The van der Waals surface area contributed by atoms with Crippen LogP contribution in [0.2, 0.25) is 0 Å². The number of hydrogen-bond acceptors (Lipinski definition) is 4. The second-order valence-electron chi connectivity index (χ2n) is 5.94. The number of rotatable bonds is 5. The predicted octanol–water partition coefficient (Wildman–Crippen LogP) is 5.26. The minimum Gasteiger partial charge on any atom is -0.481 e. The lowest BCUT2D eigenvalue weighted by molar-refractivity contribution is 0.0521. The van der Waals surface area contributed by atoms with Crippen molar-refractivity contribution in [2.75, 3.05) is 13.7 Å². The van der Waals surface area contributed by atoms with Gasteiger partial charge in [-0.2, -0.15) is 0 Å². The zero-order valence-corrected chi connectivity index (χ0v) is 16.2. The molecule has 0 unspecified atom stereocenters. The van der Waals surface area contributed by atoms with Crippen LogP contribution in [0.3, 0.4) is 0 Å². The monoisotopic (exact) mass is 419 g/mol. The van der Waals surface area contributed by atoms with Crippen LogP contribution >= 0.6 is 15.9 Å². The van der Waals surface area contributed by atoms with Crippen molar-refractivity contribution in [3.8, 4) is 5.88 Å². The van der Waals surface area contributed by atoms with Gasteiger partial charge >= 0.3 is 5.97 Å². The highest BCUT2D eigenvalue weighted by atomic mass is 79.9.